The Bertz CT molecular complexity index is 713. The van der Waals surface area contributed by atoms with Gasteiger partial charge in [-0.15, -0.1) is 5.10 Å². The molecule has 18 heavy (non-hydrogen) atoms. The summed E-state index contributed by atoms with van der Waals surface area (Å²) >= 11 is 3.32. The van der Waals surface area contributed by atoms with Crippen molar-refractivity contribution in [2.75, 3.05) is 5.73 Å². The molecule has 2 N–H and O–H groups in total. The zero-order valence-corrected chi connectivity index (χ0v) is 11.3. The predicted octanol–water partition coefficient (Wildman–Crippen LogP) is 1.56. The van der Waals surface area contributed by atoms with Crippen LogP contribution in [0.3, 0.4) is 0 Å². The van der Waals surface area contributed by atoms with Gasteiger partial charge in [-0.1, -0.05) is 18.2 Å². The molecule has 3 aromatic rings. The number of para-hydroxylation sites is 1. The summed E-state index contributed by atoms with van der Waals surface area (Å²) < 4.78 is 4.15. The first-order valence-corrected chi connectivity index (χ1v) is 6.21. The second-order valence-electron chi connectivity index (χ2n) is 3.98. The molecule has 1 aromatic carbocycles. The second-order valence-corrected chi connectivity index (χ2v) is 4.69. The summed E-state index contributed by atoms with van der Waals surface area (Å²) in [5.41, 5.74) is 7.59. The van der Waals surface area contributed by atoms with Crippen LogP contribution < -0.4 is 5.73 Å². The fraction of sp³-hybridized carbons (Fsp3) is 0.182. The summed E-state index contributed by atoms with van der Waals surface area (Å²) in [5.74, 6) is 0.252. The summed E-state index contributed by atoms with van der Waals surface area (Å²) in [5, 5.41) is 9.72. The van der Waals surface area contributed by atoms with Crippen molar-refractivity contribution >= 4 is 32.8 Å². The summed E-state index contributed by atoms with van der Waals surface area (Å²) in [7, 11) is 1.93. The van der Waals surface area contributed by atoms with E-state index in [0.717, 1.165) is 16.6 Å². The van der Waals surface area contributed by atoms with Crippen molar-refractivity contribution in [3.8, 4) is 0 Å². The molecule has 3 rings (SSSR count). The normalized spacial score (nSPS) is 11.2. The van der Waals surface area contributed by atoms with Gasteiger partial charge >= 0.3 is 0 Å². The number of hydrogen-bond donors (Lipinski definition) is 1. The zero-order valence-electron chi connectivity index (χ0n) is 9.71. The van der Waals surface area contributed by atoms with Crippen LogP contribution in [0, 0.1) is 0 Å². The van der Waals surface area contributed by atoms with Crippen LogP contribution in [-0.4, -0.2) is 24.5 Å². The average molecular weight is 307 g/mol. The van der Waals surface area contributed by atoms with Crippen LogP contribution in [0.2, 0.25) is 0 Å². The number of rotatable bonds is 2. The highest BCUT2D eigenvalue weighted by atomic mass is 79.9. The van der Waals surface area contributed by atoms with Crippen molar-refractivity contribution in [3.63, 3.8) is 0 Å². The van der Waals surface area contributed by atoms with Gasteiger partial charge in [0.2, 0.25) is 5.95 Å². The van der Waals surface area contributed by atoms with E-state index in [0.29, 0.717) is 11.3 Å². The third-order valence-corrected chi connectivity index (χ3v) is 3.36. The molecule has 0 saturated carbocycles. The number of halogens is 1. The molecule has 0 amide bonds. The summed E-state index contributed by atoms with van der Waals surface area (Å²) in [6, 6.07) is 8.08. The number of nitrogens with zero attached hydrogens (tertiary/aromatic N) is 5. The smallest absolute Gasteiger partial charge is 0.240 e. The highest BCUT2D eigenvalue weighted by Crippen LogP contribution is 2.19. The fourth-order valence-corrected chi connectivity index (χ4v) is 2.37. The topological polar surface area (TPSA) is 74.5 Å². The van der Waals surface area contributed by atoms with Crippen LogP contribution in [-0.2, 0) is 13.6 Å². The van der Waals surface area contributed by atoms with Crippen LogP contribution in [0.4, 0.5) is 5.95 Å². The Labute approximate surface area is 112 Å². The Balaban J connectivity index is 2.08. The van der Waals surface area contributed by atoms with Gasteiger partial charge in [-0.05, 0) is 22.0 Å². The van der Waals surface area contributed by atoms with Gasteiger partial charge in [0.1, 0.15) is 0 Å². The first kappa shape index (κ1) is 11.2. The van der Waals surface area contributed by atoms with E-state index < -0.39 is 0 Å². The number of aryl methyl sites for hydroxylation is 1. The second kappa shape index (κ2) is 4.09. The lowest BCUT2D eigenvalue weighted by atomic mass is 10.2. The molecule has 7 heteroatoms. The van der Waals surface area contributed by atoms with E-state index in [1.807, 2.05) is 36.0 Å². The lowest BCUT2D eigenvalue weighted by Gasteiger charge is -1.98. The lowest BCUT2D eigenvalue weighted by molar-refractivity contribution is 0.642. The molecule has 6 nitrogen and oxygen atoms in total. The Kier molecular flexibility index (Phi) is 2.55. The highest BCUT2D eigenvalue weighted by molar-refractivity contribution is 9.10. The van der Waals surface area contributed by atoms with Gasteiger partial charge in [0.25, 0.3) is 0 Å². The molecule has 0 saturated heterocycles. The highest BCUT2D eigenvalue weighted by Gasteiger charge is 2.11. The van der Waals surface area contributed by atoms with Crippen molar-refractivity contribution in [2.24, 2.45) is 7.05 Å². The van der Waals surface area contributed by atoms with Gasteiger partial charge < -0.3 is 5.73 Å². The largest absolute Gasteiger partial charge is 0.366 e. The summed E-state index contributed by atoms with van der Waals surface area (Å²) in [6.45, 7) is 0.534. The molecule has 2 heterocycles. The van der Waals surface area contributed by atoms with Gasteiger partial charge in [-0.25, -0.2) is 4.68 Å². The van der Waals surface area contributed by atoms with E-state index in [-0.39, 0.29) is 5.95 Å². The van der Waals surface area contributed by atoms with Crippen LogP contribution in [0.1, 0.15) is 5.69 Å². The lowest BCUT2D eigenvalue weighted by Crippen LogP contribution is -2.04. The molecular formula is C11H11BrN6. The van der Waals surface area contributed by atoms with Crippen molar-refractivity contribution in [2.45, 2.75) is 6.54 Å². The minimum Gasteiger partial charge on any atom is -0.366 e. The van der Waals surface area contributed by atoms with E-state index in [2.05, 4.69) is 31.1 Å². The van der Waals surface area contributed by atoms with Crippen molar-refractivity contribution in [1.29, 1.82) is 0 Å². The minimum absolute atomic E-state index is 0.252. The number of nitrogens with two attached hydrogens (primary N) is 1. The van der Waals surface area contributed by atoms with E-state index in [9.17, 15) is 0 Å². The van der Waals surface area contributed by atoms with Crippen molar-refractivity contribution < 1.29 is 0 Å². The van der Waals surface area contributed by atoms with Crippen LogP contribution in [0.25, 0.3) is 10.9 Å². The Morgan fingerprint density at radius 3 is 2.78 bits per heavy atom. The number of fused-ring (bicyclic) bond motifs is 1. The molecule has 0 spiro atoms. The van der Waals surface area contributed by atoms with Gasteiger partial charge in [0.15, 0.2) is 4.73 Å². The maximum absolute atomic E-state index is 5.55. The third-order valence-electron chi connectivity index (χ3n) is 2.78. The molecular weight excluding hydrogens is 296 g/mol. The zero-order chi connectivity index (χ0) is 12.7. The van der Waals surface area contributed by atoms with Gasteiger partial charge in [-0.3, -0.25) is 4.68 Å². The molecule has 0 radical (unpaired) electrons. The van der Waals surface area contributed by atoms with E-state index in [1.165, 1.54) is 0 Å². The van der Waals surface area contributed by atoms with Crippen molar-refractivity contribution in [1.82, 2.24) is 24.5 Å². The molecule has 0 aliphatic heterocycles. The molecule has 0 aliphatic carbocycles. The van der Waals surface area contributed by atoms with Crippen LogP contribution >= 0.6 is 15.9 Å². The van der Waals surface area contributed by atoms with E-state index >= 15 is 0 Å². The van der Waals surface area contributed by atoms with Gasteiger partial charge in [-0.2, -0.15) is 10.1 Å². The molecule has 0 fully saturated rings. The third kappa shape index (κ3) is 1.76. The molecule has 0 atom stereocenters. The first-order chi connectivity index (χ1) is 8.65. The number of nitrogen functional groups attached to an aromatic ring is 1. The van der Waals surface area contributed by atoms with Gasteiger partial charge in [0.05, 0.1) is 17.8 Å². The Hall–Kier alpha value is -1.89. The summed E-state index contributed by atoms with van der Waals surface area (Å²) in [6.07, 6.45) is 0. The maximum Gasteiger partial charge on any atom is 0.240 e. The fourth-order valence-electron chi connectivity index (χ4n) is 1.99. The SMILES string of the molecule is Cn1nc(Cn2nc(N)nc2Br)c2ccccc21. The number of aromatic nitrogens is 5. The number of benzene rings is 1. The van der Waals surface area contributed by atoms with E-state index in [1.54, 1.807) is 4.68 Å². The maximum atomic E-state index is 5.55. The van der Waals surface area contributed by atoms with Gasteiger partial charge in [0, 0.05) is 12.4 Å². The first-order valence-electron chi connectivity index (χ1n) is 5.41. The molecule has 0 aliphatic rings. The minimum atomic E-state index is 0.252. The average Bonchev–Trinajstić information content (AvgIpc) is 2.82. The van der Waals surface area contributed by atoms with Crippen LogP contribution in [0.5, 0.6) is 0 Å². The Morgan fingerprint density at radius 2 is 2.06 bits per heavy atom. The summed E-state index contributed by atoms with van der Waals surface area (Å²) in [4.78, 5) is 4.01. The van der Waals surface area contributed by atoms with Crippen LogP contribution in [0.15, 0.2) is 29.0 Å². The quantitative estimate of drug-likeness (QED) is 0.779. The molecule has 92 valence electrons. The molecule has 2 aromatic heterocycles. The molecule has 0 unspecified atom stereocenters. The van der Waals surface area contributed by atoms with E-state index in [4.69, 9.17) is 5.73 Å². The monoisotopic (exact) mass is 306 g/mol. The van der Waals surface area contributed by atoms with Crippen molar-refractivity contribution in [3.05, 3.63) is 34.7 Å². The molecule has 0 bridgehead atoms. The number of hydrogen-bond acceptors (Lipinski definition) is 4. The Morgan fingerprint density at radius 1 is 1.28 bits per heavy atom. The number of anilines is 1. The predicted molar refractivity (Wildman–Crippen MR) is 72.0 cm³/mol. The standard InChI is InChI=1S/C11H11BrN6/c1-17-9-5-3-2-4-7(9)8(15-17)6-18-10(12)14-11(13)16-18/h2-5H,6H2,1H3,(H2,13,16).